The number of thioether (sulfide) groups is 2. The van der Waals surface area contributed by atoms with E-state index in [0.29, 0.717) is 27.5 Å². The number of piperidine rings is 1. The first-order valence-corrected chi connectivity index (χ1v) is 10.6. The van der Waals surface area contributed by atoms with Crippen molar-refractivity contribution in [2.45, 2.75) is 40.4 Å². The first-order valence-electron chi connectivity index (χ1n) is 8.38. The van der Waals surface area contributed by atoms with Gasteiger partial charge in [0, 0.05) is 42.5 Å². The third-order valence-electron chi connectivity index (χ3n) is 4.80. The van der Waals surface area contributed by atoms with Gasteiger partial charge in [0.05, 0.1) is 0 Å². The van der Waals surface area contributed by atoms with Crippen molar-refractivity contribution >= 4 is 41.0 Å². The second kappa shape index (κ2) is 7.37. The molecule has 4 nitrogen and oxygen atoms in total. The van der Waals surface area contributed by atoms with Crippen LogP contribution in [0.4, 0.5) is 4.39 Å². The summed E-state index contributed by atoms with van der Waals surface area (Å²) in [6.45, 7) is 3.07. The molecule has 0 aliphatic carbocycles. The fraction of sp³-hybridized carbons (Fsp3) is 0.389. The lowest BCUT2D eigenvalue weighted by Crippen LogP contribution is -2.42. The Bertz CT molecular complexity index is 866. The Labute approximate surface area is 164 Å². The summed E-state index contributed by atoms with van der Waals surface area (Å²) in [7, 11) is 0. The maximum absolute atomic E-state index is 13.8. The van der Waals surface area contributed by atoms with Gasteiger partial charge in [-0.05, 0) is 18.1 Å². The van der Waals surface area contributed by atoms with Crippen molar-refractivity contribution < 1.29 is 9.18 Å². The molecule has 2 unspecified atom stereocenters. The molecule has 136 valence electrons. The summed E-state index contributed by atoms with van der Waals surface area (Å²) in [5.41, 5.74) is 1.64. The summed E-state index contributed by atoms with van der Waals surface area (Å²) in [6.07, 6.45) is 0.884. The average molecular weight is 410 g/mol. The Morgan fingerprint density at radius 2 is 2.23 bits per heavy atom. The Balaban J connectivity index is 1.52. The van der Waals surface area contributed by atoms with Crippen molar-refractivity contribution in [2.24, 2.45) is 0 Å². The van der Waals surface area contributed by atoms with Gasteiger partial charge in [0.15, 0.2) is 5.16 Å². The van der Waals surface area contributed by atoms with E-state index in [1.54, 1.807) is 30.8 Å². The fourth-order valence-corrected chi connectivity index (χ4v) is 6.22. The Morgan fingerprint density at radius 1 is 1.42 bits per heavy atom. The molecule has 26 heavy (non-hydrogen) atoms. The summed E-state index contributed by atoms with van der Waals surface area (Å²) >= 11 is 9.53. The molecule has 8 heteroatoms. The van der Waals surface area contributed by atoms with Crippen LogP contribution in [0.3, 0.4) is 0 Å². The average Bonchev–Trinajstić information content (AvgIpc) is 2.98. The van der Waals surface area contributed by atoms with Gasteiger partial charge >= 0.3 is 0 Å². The first kappa shape index (κ1) is 18.1. The number of fused-ring (bicyclic) bond motifs is 3. The molecule has 1 amide bonds. The Morgan fingerprint density at radius 3 is 3.00 bits per heavy atom. The monoisotopic (exact) mass is 409 g/mol. The Hall–Kier alpha value is -1.31. The van der Waals surface area contributed by atoms with Gasteiger partial charge in [-0.15, -0.1) is 11.8 Å². The molecule has 1 saturated heterocycles. The van der Waals surface area contributed by atoms with E-state index < -0.39 is 0 Å². The minimum Gasteiger partial charge on any atom is -0.342 e. The van der Waals surface area contributed by atoms with Gasteiger partial charge in [0.1, 0.15) is 16.0 Å². The SMILES string of the molecule is CC(=O)N1CCC2c3c(Cl)nc(SCc4ccccc4F)nc3SC2C1. The number of hydrogen-bond acceptors (Lipinski definition) is 5. The van der Waals surface area contributed by atoms with Crippen LogP contribution >= 0.6 is 35.1 Å². The zero-order valence-corrected chi connectivity index (χ0v) is 16.5. The predicted octanol–water partition coefficient (Wildman–Crippen LogP) is 4.37. The summed E-state index contributed by atoms with van der Waals surface area (Å²) in [4.78, 5) is 22.6. The summed E-state index contributed by atoms with van der Waals surface area (Å²) in [5.74, 6) is 0.635. The number of carbonyl (C=O) groups is 1. The molecule has 2 aliphatic rings. The number of hydrogen-bond donors (Lipinski definition) is 0. The van der Waals surface area contributed by atoms with E-state index in [-0.39, 0.29) is 17.0 Å². The quantitative estimate of drug-likeness (QED) is 0.428. The molecule has 0 spiro atoms. The van der Waals surface area contributed by atoms with Crippen molar-refractivity contribution in [1.82, 2.24) is 14.9 Å². The maximum Gasteiger partial charge on any atom is 0.219 e. The second-order valence-corrected chi connectivity index (χ2v) is 8.94. The molecule has 2 aromatic rings. The van der Waals surface area contributed by atoms with Crippen LogP contribution in [0.1, 0.15) is 30.4 Å². The predicted molar refractivity (Wildman–Crippen MR) is 102 cm³/mol. The number of halogens is 2. The van der Waals surface area contributed by atoms with E-state index >= 15 is 0 Å². The number of amides is 1. The van der Waals surface area contributed by atoms with Crippen LogP contribution in [0.15, 0.2) is 34.4 Å². The van der Waals surface area contributed by atoms with Gasteiger partial charge in [-0.1, -0.05) is 41.6 Å². The van der Waals surface area contributed by atoms with Crippen molar-refractivity contribution in [3.05, 3.63) is 46.4 Å². The molecular formula is C18H17ClFN3OS2. The normalized spacial score (nSPS) is 21.4. The van der Waals surface area contributed by atoms with Crippen molar-refractivity contribution in [1.29, 1.82) is 0 Å². The topological polar surface area (TPSA) is 46.1 Å². The van der Waals surface area contributed by atoms with Crippen LogP contribution in [0, 0.1) is 5.82 Å². The number of rotatable bonds is 3. The highest BCUT2D eigenvalue weighted by atomic mass is 35.5. The molecule has 1 fully saturated rings. The largest absolute Gasteiger partial charge is 0.342 e. The minimum atomic E-state index is -0.225. The standard InChI is InChI=1S/C18H17ClFN3OS2/c1-10(24)23-7-6-12-14(8-23)26-17-15(12)16(19)21-18(22-17)25-9-11-4-2-3-5-13(11)20/h2-5,12,14H,6-9H2,1H3. The highest BCUT2D eigenvalue weighted by molar-refractivity contribution is 8.00. The van der Waals surface area contributed by atoms with Crippen molar-refractivity contribution in [3.8, 4) is 0 Å². The van der Waals surface area contributed by atoms with E-state index in [2.05, 4.69) is 9.97 Å². The number of carbonyl (C=O) groups excluding carboxylic acids is 1. The van der Waals surface area contributed by atoms with Gasteiger partial charge < -0.3 is 4.90 Å². The molecule has 4 rings (SSSR count). The molecule has 2 atom stereocenters. The number of nitrogens with zero attached hydrogens (tertiary/aromatic N) is 3. The molecule has 2 aliphatic heterocycles. The summed E-state index contributed by atoms with van der Waals surface area (Å²) < 4.78 is 13.8. The van der Waals surface area contributed by atoms with Crippen molar-refractivity contribution in [3.63, 3.8) is 0 Å². The zero-order valence-electron chi connectivity index (χ0n) is 14.1. The molecule has 0 saturated carbocycles. The summed E-state index contributed by atoms with van der Waals surface area (Å²) in [5, 5.41) is 2.23. The van der Waals surface area contributed by atoms with E-state index in [0.717, 1.165) is 30.1 Å². The van der Waals surface area contributed by atoms with Crippen LogP contribution in [-0.2, 0) is 10.5 Å². The second-order valence-electron chi connectivity index (χ2n) is 6.41. The van der Waals surface area contributed by atoms with E-state index in [1.165, 1.54) is 17.8 Å². The van der Waals surface area contributed by atoms with Gasteiger partial charge in [0.2, 0.25) is 5.91 Å². The molecular weight excluding hydrogens is 393 g/mol. The van der Waals surface area contributed by atoms with Gasteiger partial charge in [0.25, 0.3) is 0 Å². The highest BCUT2D eigenvalue weighted by Gasteiger charge is 2.41. The van der Waals surface area contributed by atoms with E-state index in [9.17, 15) is 9.18 Å². The number of benzene rings is 1. The van der Waals surface area contributed by atoms with Gasteiger partial charge in [-0.3, -0.25) is 4.79 Å². The maximum atomic E-state index is 13.8. The van der Waals surface area contributed by atoms with Gasteiger partial charge in [-0.25, -0.2) is 14.4 Å². The molecule has 0 radical (unpaired) electrons. The smallest absolute Gasteiger partial charge is 0.219 e. The number of likely N-dealkylation sites (tertiary alicyclic amines) is 1. The van der Waals surface area contributed by atoms with Crippen LogP contribution in [0.25, 0.3) is 0 Å². The first-order chi connectivity index (χ1) is 12.5. The summed E-state index contributed by atoms with van der Waals surface area (Å²) in [6, 6.07) is 6.70. The number of aromatic nitrogens is 2. The van der Waals surface area contributed by atoms with Crippen molar-refractivity contribution in [2.75, 3.05) is 13.1 Å². The molecule has 1 aromatic heterocycles. The zero-order chi connectivity index (χ0) is 18.3. The fourth-order valence-electron chi connectivity index (χ4n) is 3.42. The van der Waals surface area contributed by atoms with Crippen LogP contribution in [0.5, 0.6) is 0 Å². The minimum absolute atomic E-state index is 0.110. The van der Waals surface area contributed by atoms with E-state index in [1.807, 2.05) is 11.0 Å². The van der Waals surface area contributed by atoms with Crippen LogP contribution < -0.4 is 0 Å². The van der Waals surface area contributed by atoms with Crippen LogP contribution in [0.2, 0.25) is 5.15 Å². The lowest BCUT2D eigenvalue weighted by Gasteiger charge is -2.33. The molecule has 0 N–H and O–H groups in total. The van der Waals surface area contributed by atoms with Crippen LogP contribution in [-0.4, -0.2) is 39.1 Å². The molecule has 3 heterocycles. The van der Waals surface area contributed by atoms with Gasteiger partial charge in [-0.2, -0.15) is 0 Å². The molecule has 0 bridgehead atoms. The lowest BCUT2D eigenvalue weighted by molar-refractivity contribution is -0.129. The third-order valence-corrected chi connectivity index (χ3v) is 7.30. The third kappa shape index (κ3) is 3.44. The lowest BCUT2D eigenvalue weighted by atomic mass is 9.91. The Kier molecular flexibility index (Phi) is 5.12. The highest BCUT2D eigenvalue weighted by Crippen LogP contribution is 2.50. The molecule has 1 aromatic carbocycles. The van der Waals surface area contributed by atoms with E-state index in [4.69, 9.17) is 11.6 Å².